The van der Waals surface area contributed by atoms with Gasteiger partial charge < -0.3 is 4.90 Å². The van der Waals surface area contributed by atoms with Crippen molar-refractivity contribution in [2.45, 2.75) is 38.1 Å². The van der Waals surface area contributed by atoms with Crippen LogP contribution in [0.4, 0.5) is 5.69 Å². The Hall–Kier alpha value is -1.91. The Bertz CT molecular complexity index is 526. The van der Waals surface area contributed by atoms with E-state index in [0.29, 0.717) is 17.5 Å². The minimum atomic E-state index is -0.442. The summed E-state index contributed by atoms with van der Waals surface area (Å²) in [5, 5.41) is 10.6. The monoisotopic (exact) mass is 274 g/mol. The number of fused-ring (bicyclic) bond motifs is 1. The standard InChI is InChI=1S/C15H18N2O3/c18-15(12-6-8-13(9-7-12)17(19)20)16-10-2-4-11-3-1-5-14(11)16/h6-9,11,14H,1-5,10H2/t11-,14-/m1/s1. The van der Waals surface area contributed by atoms with Crippen molar-refractivity contribution in [3.63, 3.8) is 0 Å². The Morgan fingerprint density at radius 1 is 1.15 bits per heavy atom. The number of carbonyl (C=O) groups is 1. The first-order valence-electron chi connectivity index (χ1n) is 7.22. The maximum absolute atomic E-state index is 12.6. The molecule has 5 heteroatoms. The van der Waals surface area contributed by atoms with E-state index in [4.69, 9.17) is 0 Å². The molecular formula is C15H18N2O3. The van der Waals surface area contributed by atoms with Crippen LogP contribution in [0.1, 0.15) is 42.5 Å². The maximum atomic E-state index is 12.6. The summed E-state index contributed by atoms with van der Waals surface area (Å²) in [6, 6.07) is 6.33. The van der Waals surface area contributed by atoms with Crippen LogP contribution in [0.25, 0.3) is 0 Å². The number of carbonyl (C=O) groups excluding carboxylic acids is 1. The van der Waals surface area contributed by atoms with Crippen LogP contribution in [0, 0.1) is 16.0 Å². The Kier molecular flexibility index (Phi) is 3.42. The van der Waals surface area contributed by atoms with Crippen LogP contribution < -0.4 is 0 Å². The summed E-state index contributed by atoms with van der Waals surface area (Å²) in [4.78, 5) is 24.8. The van der Waals surface area contributed by atoms with Crippen LogP contribution in [-0.4, -0.2) is 28.3 Å². The summed E-state index contributed by atoms with van der Waals surface area (Å²) in [6.07, 6.45) is 5.84. The Balaban J connectivity index is 1.79. The predicted octanol–water partition coefficient (Wildman–Crippen LogP) is 3.00. The first-order chi connectivity index (χ1) is 9.66. The van der Waals surface area contributed by atoms with Crippen molar-refractivity contribution >= 4 is 11.6 Å². The average Bonchev–Trinajstić information content (AvgIpc) is 2.95. The minimum absolute atomic E-state index is 0.0245. The van der Waals surface area contributed by atoms with Gasteiger partial charge in [-0.3, -0.25) is 14.9 Å². The molecule has 0 unspecified atom stereocenters. The Labute approximate surface area is 117 Å². The summed E-state index contributed by atoms with van der Waals surface area (Å²) < 4.78 is 0. The summed E-state index contributed by atoms with van der Waals surface area (Å²) in [6.45, 7) is 0.816. The number of nitrogens with zero attached hydrogens (tertiary/aromatic N) is 2. The third-order valence-corrected chi connectivity index (χ3v) is 4.58. The molecule has 106 valence electrons. The van der Waals surface area contributed by atoms with Crippen molar-refractivity contribution in [3.05, 3.63) is 39.9 Å². The van der Waals surface area contributed by atoms with E-state index in [9.17, 15) is 14.9 Å². The van der Waals surface area contributed by atoms with Crippen LogP contribution in [0.15, 0.2) is 24.3 Å². The Morgan fingerprint density at radius 2 is 1.85 bits per heavy atom. The van der Waals surface area contributed by atoms with E-state index in [2.05, 4.69) is 0 Å². The fourth-order valence-electron chi connectivity index (χ4n) is 3.60. The SMILES string of the molecule is O=C(c1ccc([N+](=O)[O-])cc1)N1CCC[C@H]2CCC[C@H]21. The molecule has 1 aliphatic heterocycles. The molecule has 1 aliphatic carbocycles. The highest BCUT2D eigenvalue weighted by atomic mass is 16.6. The lowest BCUT2D eigenvalue weighted by molar-refractivity contribution is -0.384. The van der Waals surface area contributed by atoms with Crippen molar-refractivity contribution in [2.24, 2.45) is 5.92 Å². The number of benzene rings is 1. The van der Waals surface area contributed by atoms with Crippen molar-refractivity contribution in [3.8, 4) is 0 Å². The molecule has 0 bridgehead atoms. The minimum Gasteiger partial charge on any atom is -0.335 e. The molecule has 0 spiro atoms. The van der Waals surface area contributed by atoms with Gasteiger partial charge in [-0.25, -0.2) is 0 Å². The van der Waals surface area contributed by atoms with E-state index in [1.807, 2.05) is 4.90 Å². The molecule has 5 nitrogen and oxygen atoms in total. The maximum Gasteiger partial charge on any atom is 0.269 e. The van der Waals surface area contributed by atoms with Crippen molar-refractivity contribution < 1.29 is 9.72 Å². The van der Waals surface area contributed by atoms with Gasteiger partial charge in [0.2, 0.25) is 0 Å². The van der Waals surface area contributed by atoms with Crippen LogP contribution in [0.2, 0.25) is 0 Å². The third-order valence-electron chi connectivity index (χ3n) is 4.58. The molecule has 1 aromatic carbocycles. The van der Waals surface area contributed by atoms with E-state index in [0.717, 1.165) is 19.4 Å². The summed E-state index contributed by atoms with van der Waals surface area (Å²) in [5.41, 5.74) is 0.585. The van der Waals surface area contributed by atoms with Crippen LogP contribution in [0.3, 0.4) is 0 Å². The number of amides is 1. The van der Waals surface area contributed by atoms with E-state index in [1.165, 1.54) is 31.4 Å². The number of rotatable bonds is 2. The number of non-ortho nitro benzene ring substituents is 1. The molecule has 1 saturated carbocycles. The zero-order valence-electron chi connectivity index (χ0n) is 11.3. The van der Waals surface area contributed by atoms with Gasteiger partial charge in [0, 0.05) is 30.3 Å². The quantitative estimate of drug-likeness (QED) is 0.615. The van der Waals surface area contributed by atoms with Gasteiger partial charge >= 0.3 is 0 Å². The molecule has 1 aromatic rings. The van der Waals surface area contributed by atoms with Crippen molar-refractivity contribution in [1.82, 2.24) is 4.90 Å². The second kappa shape index (κ2) is 5.23. The fraction of sp³-hybridized carbons (Fsp3) is 0.533. The van der Waals surface area contributed by atoms with Crippen LogP contribution in [0.5, 0.6) is 0 Å². The number of hydrogen-bond donors (Lipinski definition) is 0. The molecular weight excluding hydrogens is 256 g/mol. The lowest BCUT2D eigenvalue weighted by atomic mass is 9.91. The normalized spacial score (nSPS) is 25.3. The first kappa shape index (κ1) is 13.1. The van der Waals surface area contributed by atoms with Crippen LogP contribution in [-0.2, 0) is 0 Å². The lowest BCUT2D eigenvalue weighted by Crippen LogP contribution is -2.46. The first-order valence-corrected chi connectivity index (χ1v) is 7.22. The van der Waals surface area contributed by atoms with Gasteiger partial charge in [0.25, 0.3) is 11.6 Å². The summed E-state index contributed by atoms with van der Waals surface area (Å²) in [7, 11) is 0. The largest absolute Gasteiger partial charge is 0.335 e. The summed E-state index contributed by atoms with van der Waals surface area (Å²) in [5.74, 6) is 0.683. The molecule has 0 aromatic heterocycles. The molecule has 1 amide bonds. The number of hydrogen-bond acceptors (Lipinski definition) is 3. The predicted molar refractivity (Wildman–Crippen MR) is 74.5 cm³/mol. The smallest absolute Gasteiger partial charge is 0.269 e. The molecule has 2 aliphatic rings. The van der Waals surface area contributed by atoms with E-state index in [1.54, 1.807) is 12.1 Å². The number of likely N-dealkylation sites (tertiary alicyclic amines) is 1. The van der Waals surface area contributed by atoms with Gasteiger partial charge in [-0.05, 0) is 43.7 Å². The number of nitro groups is 1. The van der Waals surface area contributed by atoms with Crippen LogP contribution >= 0.6 is 0 Å². The highest BCUT2D eigenvalue weighted by Crippen LogP contribution is 2.37. The third kappa shape index (κ3) is 2.28. The van der Waals surface area contributed by atoms with Gasteiger partial charge in [-0.2, -0.15) is 0 Å². The molecule has 0 N–H and O–H groups in total. The molecule has 2 fully saturated rings. The second-order valence-electron chi connectivity index (χ2n) is 5.70. The molecule has 2 atom stereocenters. The van der Waals surface area contributed by atoms with Gasteiger partial charge in [0.1, 0.15) is 0 Å². The average molecular weight is 274 g/mol. The molecule has 1 saturated heterocycles. The molecule has 1 heterocycles. The zero-order valence-corrected chi connectivity index (χ0v) is 11.3. The van der Waals surface area contributed by atoms with Gasteiger partial charge in [-0.15, -0.1) is 0 Å². The van der Waals surface area contributed by atoms with Crippen molar-refractivity contribution in [2.75, 3.05) is 6.54 Å². The van der Waals surface area contributed by atoms with Gasteiger partial charge in [0.05, 0.1) is 4.92 Å². The molecule has 0 radical (unpaired) electrons. The highest BCUT2D eigenvalue weighted by molar-refractivity contribution is 5.94. The topological polar surface area (TPSA) is 63.4 Å². The lowest BCUT2D eigenvalue weighted by Gasteiger charge is -2.37. The van der Waals surface area contributed by atoms with Crippen molar-refractivity contribution in [1.29, 1.82) is 0 Å². The Morgan fingerprint density at radius 3 is 2.55 bits per heavy atom. The molecule has 3 rings (SSSR count). The summed E-state index contributed by atoms with van der Waals surface area (Å²) >= 11 is 0. The molecule has 20 heavy (non-hydrogen) atoms. The highest BCUT2D eigenvalue weighted by Gasteiger charge is 2.37. The van der Waals surface area contributed by atoms with E-state index < -0.39 is 4.92 Å². The fourth-order valence-corrected chi connectivity index (χ4v) is 3.60. The number of piperidine rings is 1. The van der Waals surface area contributed by atoms with E-state index >= 15 is 0 Å². The van der Waals surface area contributed by atoms with Gasteiger partial charge in [0.15, 0.2) is 0 Å². The zero-order chi connectivity index (χ0) is 14.1. The van der Waals surface area contributed by atoms with Gasteiger partial charge in [-0.1, -0.05) is 6.42 Å². The number of nitro benzene ring substituents is 1. The second-order valence-corrected chi connectivity index (χ2v) is 5.70. The van der Waals surface area contributed by atoms with E-state index in [-0.39, 0.29) is 11.6 Å².